The Morgan fingerprint density at radius 3 is 2.80 bits per heavy atom. The van der Waals surface area contributed by atoms with Gasteiger partial charge in [-0.2, -0.15) is 6.42 Å². The molecular formula is C14H22N3O2Y-. The normalized spacial score (nSPS) is 10.1. The number of ketones is 1. The fraction of sp³-hybridized carbons (Fsp3) is 0.714. The van der Waals surface area contributed by atoms with Crippen molar-refractivity contribution in [3.8, 4) is 0 Å². The van der Waals surface area contributed by atoms with Crippen LogP contribution in [0, 0.1) is 0 Å². The maximum absolute atomic E-state index is 11.1. The van der Waals surface area contributed by atoms with E-state index in [0.29, 0.717) is 25.0 Å². The van der Waals surface area contributed by atoms with E-state index in [4.69, 9.17) is 0 Å². The third-order valence-electron chi connectivity index (χ3n) is 3.04. The summed E-state index contributed by atoms with van der Waals surface area (Å²) in [5, 5.41) is 8.15. The van der Waals surface area contributed by atoms with Gasteiger partial charge in [-0.15, -0.1) is 5.10 Å². The largest absolute Gasteiger partial charge is 0.542 e. The van der Waals surface area contributed by atoms with Crippen molar-refractivity contribution >= 4 is 12.1 Å². The van der Waals surface area contributed by atoms with Gasteiger partial charge in [-0.25, -0.2) is 0 Å². The number of hydrogen-bond acceptors (Lipinski definition) is 4. The summed E-state index contributed by atoms with van der Waals surface area (Å²) in [5.74, 6) is 0.329. The first-order valence-corrected chi connectivity index (χ1v) is 7.02. The molecule has 0 aliphatic rings. The molecule has 0 atom stereocenters. The van der Waals surface area contributed by atoms with Crippen LogP contribution in [0.4, 0.5) is 0 Å². The van der Waals surface area contributed by atoms with Crippen molar-refractivity contribution in [1.82, 2.24) is 15.0 Å². The van der Waals surface area contributed by atoms with Gasteiger partial charge in [-0.1, -0.05) is 18.6 Å². The van der Waals surface area contributed by atoms with Crippen LogP contribution in [0.5, 0.6) is 0 Å². The molecule has 1 aromatic heterocycles. The summed E-state index contributed by atoms with van der Waals surface area (Å²) in [5.41, 5.74) is 0.978. The minimum Gasteiger partial charge on any atom is -0.542 e. The standard InChI is InChI=1S/C14H22N3O2.Y/c1-2-14(19)9-5-4-8-13-12-17(16-15-13)10-6-3-7-11-18;/h12H,2-10H2,1H3;/q-1;. The number of hydrogen-bond donors (Lipinski definition) is 0. The quantitative estimate of drug-likeness (QED) is 0.452. The van der Waals surface area contributed by atoms with Crippen molar-refractivity contribution < 1.29 is 42.3 Å². The molecule has 1 aromatic rings. The molecule has 5 nitrogen and oxygen atoms in total. The van der Waals surface area contributed by atoms with Gasteiger partial charge in [0.05, 0.1) is 5.69 Å². The molecule has 20 heavy (non-hydrogen) atoms. The van der Waals surface area contributed by atoms with E-state index in [1.165, 1.54) is 0 Å². The van der Waals surface area contributed by atoms with Crippen molar-refractivity contribution in [3.63, 3.8) is 0 Å². The molecule has 1 radical (unpaired) electrons. The van der Waals surface area contributed by atoms with Gasteiger partial charge in [0.2, 0.25) is 0 Å². The fourth-order valence-electron chi connectivity index (χ4n) is 1.84. The summed E-state index contributed by atoms with van der Waals surface area (Å²) in [6, 6.07) is 0. The van der Waals surface area contributed by atoms with Crippen molar-refractivity contribution in [1.29, 1.82) is 0 Å². The van der Waals surface area contributed by atoms with Crippen molar-refractivity contribution in [2.45, 2.75) is 64.8 Å². The summed E-state index contributed by atoms with van der Waals surface area (Å²) < 4.78 is 1.82. The van der Waals surface area contributed by atoms with E-state index in [1.54, 1.807) is 0 Å². The molecule has 0 aliphatic carbocycles. The molecule has 0 aliphatic heterocycles. The van der Waals surface area contributed by atoms with Crippen molar-refractivity contribution in [2.75, 3.05) is 0 Å². The summed E-state index contributed by atoms with van der Waals surface area (Å²) in [6.07, 6.45) is 10.2. The number of carbonyl (C=O) groups is 1. The molecule has 109 valence electrons. The van der Waals surface area contributed by atoms with Gasteiger partial charge in [0.25, 0.3) is 0 Å². The minimum atomic E-state index is 0. The number of aryl methyl sites for hydroxylation is 2. The number of Topliss-reactive ketones (excluding diaryl/α,β-unsaturated/α-hetero) is 1. The number of rotatable bonds is 11. The Kier molecular flexibility index (Phi) is 12.1. The van der Waals surface area contributed by atoms with Crippen LogP contribution in [-0.2, 0) is 55.3 Å². The third-order valence-corrected chi connectivity index (χ3v) is 3.04. The number of carbonyl (C=O) groups excluding carboxylic acids is 2. The summed E-state index contributed by atoms with van der Waals surface area (Å²) in [4.78, 5) is 21.2. The van der Waals surface area contributed by atoms with Gasteiger partial charge < -0.3 is 4.79 Å². The Morgan fingerprint density at radius 1 is 1.30 bits per heavy atom. The Labute approximate surface area is 145 Å². The first-order chi connectivity index (χ1) is 9.26. The molecule has 0 bridgehead atoms. The van der Waals surface area contributed by atoms with Crippen LogP contribution in [0.25, 0.3) is 0 Å². The molecule has 0 aromatic carbocycles. The van der Waals surface area contributed by atoms with E-state index >= 15 is 0 Å². The predicted molar refractivity (Wildman–Crippen MR) is 72.4 cm³/mol. The van der Waals surface area contributed by atoms with Gasteiger partial charge in [-0.05, 0) is 25.7 Å². The molecule has 6 heteroatoms. The van der Waals surface area contributed by atoms with Gasteiger partial charge in [-0.3, -0.25) is 15.8 Å². The van der Waals surface area contributed by atoms with E-state index in [2.05, 4.69) is 10.3 Å². The van der Waals surface area contributed by atoms with Gasteiger partial charge in [0, 0.05) is 58.3 Å². The third kappa shape index (κ3) is 8.69. The van der Waals surface area contributed by atoms with Crippen LogP contribution in [0.3, 0.4) is 0 Å². The van der Waals surface area contributed by atoms with E-state index in [1.807, 2.05) is 24.1 Å². The summed E-state index contributed by atoms with van der Waals surface area (Å²) in [7, 11) is 0. The zero-order valence-electron chi connectivity index (χ0n) is 12.2. The Bertz CT molecular complexity index is 394. The van der Waals surface area contributed by atoms with Crippen molar-refractivity contribution in [2.24, 2.45) is 0 Å². The smallest absolute Gasteiger partial charge is 0.132 e. The second-order valence-electron chi connectivity index (χ2n) is 4.67. The van der Waals surface area contributed by atoms with Crippen LogP contribution >= 0.6 is 0 Å². The van der Waals surface area contributed by atoms with Crippen LogP contribution in [0.15, 0.2) is 6.20 Å². The van der Waals surface area contributed by atoms with Crippen LogP contribution in [0.2, 0.25) is 0 Å². The molecule has 0 fully saturated rings. The van der Waals surface area contributed by atoms with Crippen molar-refractivity contribution in [3.05, 3.63) is 11.9 Å². The Morgan fingerprint density at radius 2 is 2.10 bits per heavy atom. The molecule has 0 N–H and O–H groups in total. The van der Waals surface area contributed by atoms with Gasteiger partial charge >= 0.3 is 0 Å². The van der Waals surface area contributed by atoms with Gasteiger partial charge in [0.1, 0.15) is 5.78 Å². The Hall–Kier alpha value is -0.416. The van der Waals surface area contributed by atoms with Crippen LogP contribution in [-0.4, -0.2) is 27.1 Å². The first-order valence-electron chi connectivity index (χ1n) is 7.02. The summed E-state index contributed by atoms with van der Waals surface area (Å²) in [6.45, 7) is 2.69. The van der Waals surface area contributed by atoms with Crippen LogP contribution < -0.4 is 0 Å². The van der Waals surface area contributed by atoms with E-state index in [-0.39, 0.29) is 32.7 Å². The molecule has 0 spiro atoms. The van der Waals surface area contributed by atoms with E-state index < -0.39 is 0 Å². The second kappa shape index (κ2) is 12.3. The number of unbranched alkanes of at least 4 members (excludes halogenated alkanes) is 3. The molecule has 1 rings (SSSR count). The molecule has 0 amide bonds. The second-order valence-corrected chi connectivity index (χ2v) is 4.67. The van der Waals surface area contributed by atoms with Crippen LogP contribution in [0.1, 0.15) is 57.6 Å². The fourth-order valence-corrected chi connectivity index (χ4v) is 1.84. The first kappa shape index (κ1) is 19.6. The zero-order valence-corrected chi connectivity index (χ0v) is 15.0. The molecule has 0 saturated carbocycles. The average molecular weight is 353 g/mol. The van der Waals surface area contributed by atoms with E-state index in [0.717, 1.165) is 44.3 Å². The summed E-state index contributed by atoms with van der Waals surface area (Å²) >= 11 is 0. The molecule has 0 saturated heterocycles. The topological polar surface area (TPSA) is 64.8 Å². The maximum Gasteiger partial charge on any atom is 0.132 e. The monoisotopic (exact) mass is 353 g/mol. The SMILES string of the molecule is CCC(=O)CCCCc1cn(CCCC[C-]=O)nn1.[Y]. The van der Waals surface area contributed by atoms with E-state index in [9.17, 15) is 9.59 Å². The zero-order chi connectivity index (χ0) is 13.9. The minimum absolute atomic E-state index is 0. The predicted octanol–water partition coefficient (Wildman–Crippen LogP) is 2.25. The number of aromatic nitrogens is 3. The molecule has 0 unspecified atom stereocenters. The van der Waals surface area contributed by atoms with Gasteiger partial charge in [0.15, 0.2) is 0 Å². The number of nitrogens with zero attached hydrogens (tertiary/aromatic N) is 3. The molecular weight excluding hydrogens is 331 g/mol. The maximum atomic E-state index is 11.1. The average Bonchev–Trinajstić information content (AvgIpc) is 2.87. The Balaban J connectivity index is 0.00000361. The molecule has 1 heterocycles.